The lowest BCUT2D eigenvalue weighted by Crippen LogP contribution is -2.66. The minimum Gasteiger partial charge on any atom is -0.497 e. The SMILES string of the molecule is COc1ccc(COC[C@H](O)C/C(=C/CO[Si](c2ccccc2)(c2ccccc2)C(C)(C)C)C[C@@H]2CO2)cc1. The van der Waals surface area contributed by atoms with Gasteiger partial charge in [-0.3, -0.25) is 0 Å². The highest BCUT2D eigenvalue weighted by Crippen LogP contribution is 2.37. The van der Waals surface area contributed by atoms with Gasteiger partial charge in [-0.05, 0) is 45.9 Å². The first-order valence-electron chi connectivity index (χ1n) is 13.7. The molecule has 1 aliphatic rings. The summed E-state index contributed by atoms with van der Waals surface area (Å²) in [6.07, 6.45) is 3.14. The molecule has 1 aliphatic heterocycles. The van der Waals surface area contributed by atoms with Gasteiger partial charge in [0.2, 0.25) is 0 Å². The Morgan fingerprint density at radius 2 is 1.56 bits per heavy atom. The fourth-order valence-corrected chi connectivity index (χ4v) is 9.66. The Morgan fingerprint density at radius 3 is 2.08 bits per heavy atom. The maximum Gasteiger partial charge on any atom is 0.261 e. The molecule has 208 valence electrons. The number of aliphatic hydroxyl groups is 1. The largest absolute Gasteiger partial charge is 0.497 e. The number of ether oxygens (including phenoxy) is 3. The molecule has 0 aliphatic carbocycles. The summed E-state index contributed by atoms with van der Waals surface area (Å²) < 4.78 is 23.6. The average Bonchev–Trinajstić information content (AvgIpc) is 3.76. The van der Waals surface area contributed by atoms with Crippen LogP contribution in [0.15, 0.2) is 96.6 Å². The van der Waals surface area contributed by atoms with Crippen molar-refractivity contribution in [2.45, 2.75) is 57.5 Å². The molecule has 1 saturated heterocycles. The van der Waals surface area contributed by atoms with E-state index in [4.69, 9.17) is 18.6 Å². The normalized spacial score (nSPS) is 16.6. The number of epoxide rings is 1. The van der Waals surface area contributed by atoms with E-state index in [1.807, 2.05) is 24.3 Å². The molecule has 1 fully saturated rings. The number of methoxy groups -OCH3 is 1. The second-order valence-electron chi connectivity index (χ2n) is 11.2. The molecule has 0 radical (unpaired) electrons. The van der Waals surface area contributed by atoms with Crippen molar-refractivity contribution in [3.8, 4) is 5.75 Å². The van der Waals surface area contributed by atoms with Crippen molar-refractivity contribution in [1.29, 1.82) is 0 Å². The van der Waals surface area contributed by atoms with Gasteiger partial charge in [-0.15, -0.1) is 0 Å². The maximum absolute atomic E-state index is 10.8. The van der Waals surface area contributed by atoms with Gasteiger partial charge in [0.05, 0.1) is 45.7 Å². The van der Waals surface area contributed by atoms with Gasteiger partial charge in [-0.1, -0.05) is 105 Å². The van der Waals surface area contributed by atoms with Crippen LogP contribution in [0.25, 0.3) is 0 Å². The lowest BCUT2D eigenvalue weighted by Gasteiger charge is -2.42. The maximum atomic E-state index is 10.8. The molecule has 4 rings (SSSR count). The minimum absolute atomic E-state index is 0.0852. The van der Waals surface area contributed by atoms with E-state index in [0.29, 0.717) is 19.6 Å². The standard InChI is InChI=1S/C33H42O5Si/c1-33(2,3)39(31-11-7-5-8-12-31,32-13-9-6-10-14-32)38-20-19-27(22-30-25-37-30)21-28(34)24-36-23-26-15-17-29(35-4)18-16-26/h5-19,28,30,34H,20-25H2,1-4H3/b27-19-/t28-,30-/m1/s1. The van der Waals surface area contributed by atoms with E-state index < -0.39 is 14.4 Å². The van der Waals surface area contributed by atoms with Crippen LogP contribution in [0.2, 0.25) is 5.04 Å². The van der Waals surface area contributed by atoms with E-state index in [-0.39, 0.29) is 17.7 Å². The fourth-order valence-electron chi connectivity index (χ4n) is 5.17. The molecule has 0 aromatic heterocycles. The highest BCUT2D eigenvalue weighted by atomic mass is 28.4. The number of hydrogen-bond acceptors (Lipinski definition) is 5. The third-order valence-electron chi connectivity index (χ3n) is 7.22. The van der Waals surface area contributed by atoms with Crippen LogP contribution in [0.3, 0.4) is 0 Å². The summed E-state index contributed by atoms with van der Waals surface area (Å²) in [4.78, 5) is 0. The fraction of sp³-hybridized carbons (Fsp3) is 0.394. The number of benzene rings is 3. The van der Waals surface area contributed by atoms with Crippen LogP contribution in [0.1, 0.15) is 39.2 Å². The van der Waals surface area contributed by atoms with E-state index in [1.54, 1.807) is 7.11 Å². The van der Waals surface area contributed by atoms with Gasteiger partial charge >= 0.3 is 0 Å². The Kier molecular flexibility index (Phi) is 10.2. The van der Waals surface area contributed by atoms with Crippen LogP contribution in [-0.2, 0) is 20.5 Å². The van der Waals surface area contributed by atoms with E-state index in [9.17, 15) is 5.11 Å². The second-order valence-corrected chi connectivity index (χ2v) is 15.5. The molecule has 2 atom stereocenters. The zero-order chi connectivity index (χ0) is 27.7. The van der Waals surface area contributed by atoms with E-state index in [0.717, 1.165) is 29.9 Å². The topological polar surface area (TPSA) is 60.5 Å². The van der Waals surface area contributed by atoms with E-state index >= 15 is 0 Å². The monoisotopic (exact) mass is 546 g/mol. The van der Waals surface area contributed by atoms with Crippen molar-refractivity contribution in [1.82, 2.24) is 0 Å². The van der Waals surface area contributed by atoms with Crippen LogP contribution in [0.4, 0.5) is 0 Å². The van der Waals surface area contributed by atoms with Crippen molar-refractivity contribution < 1.29 is 23.7 Å². The number of hydrogen-bond donors (Lipinski definition) is 1. The summed E-state index contributed by atoms with van der Waals surface area (Å²) in [5.74, 6) is 0.816. The zero-order valence-corrected chi connectivity index (χ0v) is 24.6. The van der Waals surface area contributed by atoms with Crippen LogP contribution >= 0.6 is 0 Å². The first-order chi connectivity index (χ1) is 18.8. The summed E-state index contributed by atoms with van der Waals surface area (Å²) in [6, 6.07) is 29.1. The predicted octanol–water partition coefficient (Wildman–Crippen LogP) is 5.25. The zero-order valence-electron chi connectivity index (χ0n) is 23.6. The van der Waals surface area contributed by atoms with Gasteiger partial charge < -0.3 is 23.7 Å². The minimum atomic E-state index is -2.62. The van der Waals surface area contributed by atoms with Crippen molar-refractivity contribution in [2.24, 2.45) is 0 Å². The first-order valence-corrected chi connectivity index (χ1v) is 15.7. The molecule has 5 nitrogen and oxygen atoms in total. The lowest BCUT2D eigenvalue weighted by atomic mass is 10.0. The molecule has 3 aromatic rings. The van der Waals surface area contributed by atoms with Crippen molar-refractivity contribution in [2.75, 3.05) is 26.9 Å². The molecular formula is C33H42O5Si. The average molecular weight is 547 g/mol. The number of rotatable bonds is 14. The molecule has 0 spiro atoms. The molecule has 0 amide bonds. The quantitative estimate of drug-likeness (QED) is 0.170. The summed E-state index contributed by atoms with van der Waals surface area (Å²) in [7, 11) is -0.966. The Labute approximate surface area is 234 Å². The summed E-state index contributed by atoms with van der Waals surface area (Å²) >= 11 is 0. The van der Waals surface area contributed by atoms with Crippen molar-refractivity contribution >= 4 is 18.7 Å². The van der Waals surface area contributed by atoms with Gasteiger partial charge in [-0.25, -0.2) is 0 Å². The number of aliphatic hydroxyl groups excluding tert-OH is 1. The third kappa shape index (κ3) is 7.90. The molecule has 39 heavy (non-hydrogen) atoms. The van der Waals surface area contributed by atoms with E-state index in [2.05, 4.69) is 87.5 Å². The van der Waals surface area contributed by atoms with Crippen molar-refractivity contribution in [3.63, 3.8) is 0 Å². The van der Waals surface area contributed by atoms with Gasteiger partial charge in [-0.2, -0.15) is 0 Å². The molecule has 0 saturated carbocycles. The summed E-state index contributed by atoms with van der Waals surface area (Å²) in [5, 5.41) is 13.2. The predicted molar refractivity (Wildman–Crippen MR) is 159 cm³/mol. The summed E-state index contributed by atoms with van der Waals surface area (Å²) in [5.41, 5.74) is 2.19. The van der Waals surface area contributed by atoms with Crippen LogP contribution < -0.4 is 15.1 Å². The first kappa shape index (κ1) is 29.2. The highest BCUT2D eigenvalue weighted by Gasteiger charge is 2.49. The second kappa shape index (κ2) is 13.6. The van der Waals surface area contributed by atoms with E-state index in [1.165, 1.54) is 10.4 Å². The highest BCUT2D eigenvalue weighted by molar-refractivity contribution is 6.99. The Balaban J connectivity index is 1.45. The molecule has 0 bridgehead atoms. The molecule has 3 aromatic carbocycles. The Hall–Kier alpha value is -2.74. The van der Waals surface area contributed by atoms with Gasteiger partial charge in [0.15, 0.2) is 0 Å². The Bertz CT molecular complexity index is 1130. The molecule has 1 N–H and O–H groups in total. The van der Waals surface area contributed by atoms with Crippen LogP contribution in [0.5, 0.6) is 5.75 Å². The van der Waals surface area contributed by atoms with Gasteiger partial charge in [0.1, 0.15) is 5.75 Å². The Morgan fingerprint density at radius 1 is 0.974 bits per heavy atom. The third-order valence-corrected chi connectivity index (χ3v) is 12.2. The molecular weight excluding hydrogens is 504 g/mol. The van der Waals surface area contributed by atoms with Gasteiger partial charge in [0, 0.05) is 0 Å². The van der Waals surface area contributed by atoms with Crippen molar-refractivity contribution in [3.05, 3.63) is 102 Å². The molecule has 6 heteroatoms. The summed E-state index contributed by atoms with van der Waals surface area (Å²) in [6.45, 7) is 8.82. The lowest BCUT2D eigenvalue weighted by molar-refractivity contribution is 0.0283. The van der Waals surface area contributed by atoms with Crippen LogP contribution in [-0.4, -0.2) is 52.6 Å². The molecule has 1 heterocycles. The molecule has 0 unspecified atom stereocenters. The smallest absolute Gasteiger partial charge is 0.261 e. The van der Waals surface area contributed by atoms with Crippen LogP contribution in [0, 0.1) is 0 Å². The van der Waals surface area contributed by atoms with Gasteiger partial charge in [0.25, 0.3) is 8.32 Å².